The summed E-state index contributed by atoms with van der Waals surface area (Å²) in [6.45, 7) is 12.9. The van der Waals surface area contributed by atoms with Gasteiger partial charge >= 0.3 is 0 Å². The second-order valence-electron chi connectivity index (χ2n) is 6.70. The van der Waals surface area contributed by atoms with E-state index in [2.05, 4.69) is 41.3 Å². The van der Waals surface area contributed by atoms with Gasteiger partial charge < -0.3 is 15.5 Å². The number of piperidine rings is 1. The van der Waals surface area contributed by atoms with Crippen molar-refractivity contribution in [2.24, 2.45) is 10.9 Å². The van der Waals surface area contributed by atoms with E-state index in [1.54, 1.807) is 11.3 Å². The summed E-state index contributed by atoms with van der Waals surface area (Å²) in [5, 5.41) is 7.93. The third-order valence-electron chi connectivity index (χ3n) is 4.29. The first-order valence-corrected chi connectivity index (χ1v) is 10.1. The number of aromatic nitrogens is 1. The van der Waals surface area contributed by atoms with Gasteiger partial charge in [-0.3, -0.25) is 4.99 Å². The van der Waals surface area contributed by atoms with Crippen molar-refractivity contribution < 1.29 is 0 Å². The van der Waals surface area contributed by atoms with Gasteiger partial charge in [-0.15, -0.1) is 11.3 Å². The van der Waals surface area contributed by atoms with Crippen LogP contribution in [0.2, 0.25) is 0 Å². The summed E-state index contributed by atoms with van der Waals surface area (Å²) in [6.07, 6.45) is 6.77. The zero-order valence-electron chi connectivity index (χ0n) is 15.5. The largest absolute Gasteiger partial charge is 0.357 e. The minimum Gasteiger partial charge on any atom is -0.357 e. The molecule has 24 heavy (non-hydrogen) atoms. The minimum absolute atomic E-state index is 0.857. The quantitative estimate of drug-likeness (QED) is 0.429. The average molecular weight is 352 g/mol. The van der Waals surface area contributed by atoms with E-state index in [0.29, 0.717) is 0 Å². The summed E-state index contributed by atoms with van der Waals surface area (Å²) in [5.74, 6) is 1.79. The number of aliphatic imine (C=N–C) groups is 1. The average Bonchev–Trinajstić information content (AvgIpc) is 2.97. The van der Waals surface area contributed by atoms with Crippen LogP contribution in [0.3, 0.4) is 0 Å². The predicted octanol–water partition coefficient (Wildman–Crippen LogP) is 2.67. The molecular formula is C18H33N5S. The highest BCUT2D eigenvalue weighted by molar-refractivity contribution is 7.11. The van der Waals surface area contributed by atoms with Crippen molar-refractivity contribution in [3.05, 3.63) is 16.1 Å². The number of thiazole rings is 1. The molecule has 0 radical (unpaired) electrons. The van der Waals surface area contributed by atoms with Crippen LogP contribution in [0.1, 0.15) is 43.0 Å². The third-order valence-corrected chi connectivity index (χ3v) is 5.26. The summed E-state index contributed by atoms with van der Waals surface area (Å²) in [4.78, 5) is 13.0. The van der Waals surface area contributed by atoms with Gasteiger partial charge in [0, 0.05) is 43.7 Å². The third kappa shape index (κ3) is 7.18. The van der Waals surface area contributed by atoms with E-state index in [-0.39, 0.29) is 0 Å². The number of nitrogens with zero attached hydrogens (tertiary/aromatic N) is 3. The highest BCUT2D eigenvalue weighted by Crippen LogP contribution is 2.15. The van der Waals surface area contributed by atoms with E-state index in [1.165, 1.54) is 42.4 Å². The molecule has 1 aromatic heterocycles. The molecule has 136 valence electrons. The first kappa shape index (κ1) is 19.2. The van der Waals surface area contributed by atoms with Gasteiger partial charge in [-0.2, -0.15) is 0 Å². The van der Waals surface area contributed by atoms with Crippen LogP contribution in [-0.2, 0) is 6.42 Å². The fourth-order valence-corrected chi connectivity index (χ4v) is 3.91. The zero-order valence-corrected chi connectivity index (χ0v) is 16.3. The summed E-state index contributed by atoms with van der Waals surface area (Å²) >= 11 is 1.77. The molecule has 1 atom stereocenters. The highest BCUT2D eigenvalue weighted by atomic mass is 32.1. The Kier molecular flexibility index (Phi) is 8.53. The van der Waals surface area contributed by atoms with Gasteiger partial charge in [-0.1, -0.05) is 6.92 Å². The Labute approximate surface area is 151 Å². The van der Waals surface area contributed by atoms with Crippen LogP contribution in [-0.4, -0.2) is 55.1 Å². The van der Waals surface area contributed by atoms with Crippen molar-refractivity contribution >= 4 is 17.3 Å². The molecule has 1 aliphatic rings. The van der Waals surface area contributed by atoms with E-state index in [9.17, 15) is 0 Å². The molecule has 1 fully saturated rings. The number of rotatable bonds is 8. The summed E-state index contributed by atoms with van der Waals surface area (Å²) in [6, 6.07) is 0. The smallest absolute Gasteiger partial charge is 0.191 e. The van der Waals surface area contributed by atoms with Crippen molar-refractivity contribution in [2.75, 3.05) is 39.3 Å². The number of hydrogen-bond donors (Lipinski definition) is 2. The Morgan fingerprint density at radius 2 is 2.33 bits per heavy atom. The molecule has 2 rings (SSSR count). The maximum Gasteiger partial charge on any atom is 0.191 e. The topological polar surface area (TPSA) is 52.6 Å². The molecule has 0 bridgehead atoms. The SMILES string of the molecule is CCNC(=NCCCN1CCCC(C)C1)NCCc1ncc(C)s1. The molecule has 0 saturated carbocycles. The lowest BCUT2D eigenvalue weighted by molar-refractivity contribution is 0.183. The summed E-state index contributed by atoms with van der Waals surface area (Å²) < 4.78 is 0. The van der Waals surface area contributed by atoms with Crippen molar-refractivity contribution in [2.45, 2.75) is 46.5 Å². The lowest BCUT2D eigenvalue weighted by Gasteiger charge is -2.30. The van der Waals surface area contributed by atoms with E-state index < -0.39 is 0 Å². The molecule has 6 heteroatoms. The predicted molar refractivity (Wildman–Crippen MR) is 104 cm³/mol. The van der Waals surface area contributed by atoms with Crippen LogP contribution in [0.25, 0.3) is 0 Å². The molecule has 0 spiro atoms. The number of nitrogens with one attached hydrogen (secondary N) is 2. The monoisotopic (exact) mass is 351 g/mol. The molecule has 0 aliphatic carbocycles. The van der Waals surface area contributed by atoms with Crippen LogP contribution in [0, 0.1) is 12.8 Å². The minimum atomic E-state index is 0.857. The van der Waals surface area contributed by atoms with Crippen molar-refractivity contribution in [3.8, 4) is 0 Å². The van der Waals surface area contributed by atoms with E-state index >= 15 is 0 Å². The van der Waals surface area contributed by atoms with Gasteiger partial charge in [0.25, 0.3) is 0 Å². The molecule has 1 unspecified atom stereocenters. The standard InChI is InChI=1S/C18H33N5S/c1-4-19-18(21-10-8-17-22-13-16(3)24-17)20-9-6-12-23-11-5-7-15(2)14-23/h13,15H,4-12,14H2,1-3H3,(H2,19,20,21). The van der Waals surface area contributed by atoms with E-state index in [4.69, 9.17) is 4.99 Å². The Bertz CT molecular complexity index is 499. The second-order valence-corrected chi connectivity index (χ2v) is 8.02. The Morgan fingerprint density at radius 1 is 1.46 bits per heavy atom. The normalized spacial score (nSPS) is 19.5. The van der Waals surface area contributed by atoms with Gasteiger partial charge in [0.05, 0.1) is 5.01 Å². The van der Waals surface area contributed by atoms with Gasteiger partial charge in [-0.05, 0) is 52.1 Å². The molecule has 0 aromatic carbocycles. The number of aryl methyl sites for hydroxylation is 1. The molecule has 1 aliphatic heterocycles. The molecule has 1 aromatic rings. The first-order chi connectivity index (χ1) is 11.7. The Morgan fingerprint density at radius 3 is 3.04 bits per heavy atom. The number of hydrogen-bond acceptors (Lipinski definition) is 4. The van der Waals surface area contributed by atoms with Crippen LogP contribution >= 0.6 is 11.3 Å². The number of guanidine groups is 1. The summed E-state index contributed by atoms with van der Waals surface area (Å²) in [7, 11) is 0. The maximum atomic E-state index is 4.70. The van der Waals surface area contributed by atoms with E-state index in [0.717, 1.165) is 44.4 Å². The van der Waals surface area contributed by atoms with Crippen molar-refractivity contribution in [1.29, 1.82) is 0 Å². The van der Waals surface area contributed by atoms with Crippen LogP contribution < -0.4 is 10.6 Å². The van der Waals surface area contributed by atoms with Crippen LogP contribution in [0.4, 0.5) is 0 Å². The summed E-state index contributed by atoms with van der Waals surface area (Å²) in [5.41, 5.74) is 0. The molecule has 0 amide bonds. The van der Waals surface area contributed by atoms with E-state index in [1.807, 2.05) is 6.20 Å². The Hall–Kier alpha value is -1.14. The van der Waals surface area contributed by atoms with Crippen molar-refractivity contribution in [1.82, 2.24) is 20.5 Å². The number of likely N-dealkylation sites (tertiary alicyclic amines) is 1. The molecular weight excluding hydrogens is 318 g/mol. The molecule has 5 nitrogen and oxygen atoms in total. The van der Waals surface area contributed by atoms with Crippen LogP contribution in [0.15, 0.2) is 11.2 Å². The highest BCUT2D eigenvalue weighted by Gasteiger charge is 2.15. The molecule has 2 heterocycles. The first-order valence-electron chi connectivity index (χ1n) is 9.33. The van der Waals surface area contributed by atoms with Crippen LogP contribution in [0.5, 0.6) is 0 Å². The lowest BCUT2D eigenvalue weighted by atomic mass is 10.0. The molecule has 1 saturated heterocycles. The van der Waals surface area contributed by atoms with Gasteiger partial charge in [-0.25, -0.2) is 4.98 Å². The van der Waals surface area contributed by atoms with Gasteiger partial charge in [0.2, 0.25) is 0 Å². The lowest BCUT2D eigenvalue weighted by Crippen LogP contribution is -2.38. The molecule has 2 N–H and O–H groups in total. The van der Waals surface area contributed by atoms with Crippen molar-refractivity contribution in [3.63, 3.8) is 0 Å². The fourth-order valence-electron chi connectivity index (χ4n) is 3.12. The van der Waals surface area contributed by atoms with Gasteiger partial charge in [0.15, 0.2) is 5.96 Å². The van der Waals surface area contributed by atoms with Gasteiger partial charge in [0.1, 0.15) is 0 Å². The maximum absolute atomic E-state index is 4.70. The zero-order chi connectivity index (χ0) is 17.2. The fraction of sp³-hybridized carbons (Fsp3) is 0.778. The second kappa shape index (κ2) is 10.7. The Balaban J connectivity index is 1.65.